The summed E-state index contributed by atoms with van der Waals surface area (Å²) in [5, 5.41) is 9.71. The maximum absolute atomic E-state index is 12.7. The zero-order valence-electron chi connectivity index (χ0n) is 17.9. The van der Waals surface area contributed by atoms with Crippen molar-refractivity contribution >= 4 is 33.3 Å². The summed E-state index contributed by atoms with van der Waals surface area (Å²) in [6, 6.07) is 10.3. The number of benzene rings is 2. The van der Waals surface area contributed by atoms with Gasteiger partial charge in [0.2, 0.25) is 0 Å². The Kier molecular flexibility index (Phi) is 7.24. The van der Waals surface area contributed by atoms with Crippen molar-refractivity contribution in [2.75, 3.05) is 36.4 Å². The van der Waals surface area contributed by atoms with Gasteiger partial charge in [0.25, 0.3) is 10.0 Å². The maximum Gasteiger partial charge on any atom is 0.337 e. The third-order valence-electron chi connectivity index (χ3n) is 5.30. The third kappa shape index (κ3) is 5.31. The molecule has 0 amide bonds. The molecule has 1 heterocycles. The molecule has 0 saturated carbocycles. The minimum Gasteiger partial charge on any atom is -0.497 e. The van der Waals surface area contributed by atoms with Gasteiger partial charge in [0, 0.05) is 18.8 Å². The van der Waals surface area contributed by atoms with Gasteiger partial charge < -0.3 is 19.5 Å². The molecule has 172 valence electrons. The highest BCUT2D eigenvalue weighted by molar-refractivity contribution is 7.92. The number of piperidine rings is 1. The number of anilines is 2. The van der Waals surface area contributed by atoms with Crippen LogP contribution in [0.5, 0.6) is 5.75 Å². The summed E-state index contributed by atoms with van der Waals surface area (Å²) in [5.41, 5.74) is 0.602. The summed E-state index contributed by atoms with van der Waals surface area (Å²) in [6.07, 6.45) is 1.12. The molecular weight excluding hydrogens is 436 g/mol. The number of carboxylic acids is 1. The van der Waals surface area contributed by atoms with Crippen molar-refractivity contribution in [3.8, 4) is 5.75 Å². The first-order valence-corrected chi connectivity index (χ1v) is 11.7. The molecule has 0 aliphatic carbocycles. The fourth-order valence-electron chi connectivity index (χ4n) is 3.63. The maximum atomic E-state index is 12.7. The number of hydrogen-bond acceptors (Lipinski definition) is 7. The van der Waals surface area contributed by atoms with Gasteiger partial charge >= 0.3 is 11.9 Å². The standard InChI is InChI=1S/C22H26N2O7S/c1-3-31-22(27)15-10-12-24(13-11-15)20-9-4-16(14-19(20)21(25)26)23-32(28,29)18-7-5-17(30-2)6-8-18/h4-9,14-15,23H,3,10-13H2,1-2H3,(H,25,26). The van der Waals surface area contributed by atoms with Gasteiger partial charge in [0.1, 0.15) is 5.75 Å². The van der Waals surface area contributed by atoms with E-state index in [-0.39, 0.29) is 28.0 Å². The van der Waals surface area contributed by atoms with Crippen LogP contribution in [-0.2, 0) is 19.6 Å². The van der Waals surface area contributed by atoms with E-state index in [1.807, 2.05) is 4.90 Å². The van der Waals surface area contributed by atoms with E-state index in [4.69, 9.17) is 9.47 Å². The Morgan fingerprint density at radius 3 is 2.34 bits per heavy atom. The zero-order valence-corrected chi connectivity index (χ0v) is 18.7. The zero-order chi connectivity index (χ0) is 23.3. The van der Waals surface area contributed by atoms with Gasteiger partial charge in [-0.05, 0) is 62.2 Å². The predicted molar refractivity (Wildman–Crippen MR) is 119 cm³/mol. The SMILES string of the molecule is CCOC(=O)C1CCN(c2ccc(NS(=O)(=O)c3ccc(OC)cc3)cc2C(=O)O)CC1. The van der Waals surface area contributed by atoms with Gasteiger partial charge in [-0.15, -0.1) is 0 Å². The van der Waals surface area contributed by atoms with Crippen LogP contribution in [0.4, 0.5) is 11.4 Å². The quantitative estimate of drug-likeness (QED) is 0.574. The van der Waals surface area contributed by atoms with Crippen LogP contribution in [0.2, 0.25) is 0 Å². The fraction of sp³-hybridized carbons (Fsp3) is 0.364. The lowest BCUT2D eigenvalue weighted by Gasteiger charge is -2.33. The molecule has 0 spiro atoms. The van der Waals surface area contributed by atoms with Crippen molar-refractivity contribution in [1.82, 2.24) is 0 Å². The summed E-state index contributed by atoms with van der Waals surface area (Å²) in [7, 11) is -2.42. The number of carbonyl (C=O) groups is 2. The molecule has 1 fully saturated rings. The summed E-state index contributed by atoms with van der Waals surface area (Å²) in [5.74, 6) is -1.07. The first kappa shape index (κ1) is 23.4. The van der Waals surface area contributed by atoms with E-state index in [0.717, 1.165) is 0 Å². The molecule has 10 heteroatoms. The van der Waals surface area contributed by atoms with Gasteiger partial charge in [-0.1, -0.05) is 0 Å². The molecule has 32 heavy (non-hydrogen) atoms. The van der Waals surface area contributed by atoms with E-state index in [9.17, 15) is 23.1 Å². The molecule has 1 saturated heterocycles. The van der Waals surface area contributed by atoms with E-state index in [1.165, 1.54) is 43.5 Å². The number of esters is 1. The average Bonchev–Trinajstić information content (AvgIpc) is 2.79. The first-order chi connectivity index (χ1) is 15.2. The van der Waals surface area contributed by atoms with Gasteiger partial charge in [-0.2, -0.15) is 0 Å². The van der Waals surface area contributed by atoms with Crippen molar-refractivity contribution in [2.45, 2.75) is 24.7 Å². The molecular formula is C22H26N2O7S. The van der Waals surface area contributed by atoms with Crippen LogP contribution < -0.4 is 14.4 Å². The largest absolute Gasteiger partial charge is 0.497 e. The number of rotatable bonds is 8. The molecule has 0 radical (unpaired) electrons. The Morgan fingerprint density at radius 2 is 1.78 bits per heavy atom. The normalized spacial score (nSPS) is 14.6. The number of nitrogens with zero attached hydrogens (tertiary/aromatic N) is 1. The number of nitrogens with one attached hydrogen (secondary N) is 1. The number of aromatic carboxylic acids is 1. The van der Waals surface area contributed by atoms with Gasteiger partial charge in [-0.3, -0.25) is 9.52 Å². The van der Waals surface area contributed by atoms with Crippen LogP contribution in [0.25, 0.3) is 0 Å². The summed E-state index contributed by atoms with van der Waals surface area (Å²) >= 11 is 0. The van der Waals surface area contributed by atoms with Crippen molar-refractivity contribution in [3.05, 3.63) is 48.0 Å². The Labute approximate surface area is 187 Å². The number of carbonyl (C=O) groups excluding carboxylic acids is 1. The van der Waals surface area contributed by atoms with Crippen LogP contribution in [0, 0.1) is 5.92 Å². The third-order valence-corrected chi connectivity index (χ3v) is 6.70. The number of hydrogen-bond donors (Lipinski definition) is 2. The lowest BCUT2D eigenvalue weighted by atomic mass is 9.96. The minimum atomic E-state index is -3.90. The highest BCUT2D eigenvalue weighted by Crippen LogP contribution is 2.30. The smallest absolute Gasteiger partial charge is 0.337 e. The van der Waals surface area contributed by atoms with Gasteiger partial charge in [0.15, 0.2) is 0 Å². The summed E-state index contributed by atoms with van der Waals surface area (Å²) in [4.78, 5) is 25.7. The molecule has 0 bridgehead atoms. The molecule has 0 aromatic heterocycles. The molecule has 0 unspecified atom stereocenters. The molecule has 0 atom stereocenters. The lowest BCUT2D eigenvalue weighted by Crippen LogP contribution is -2.37. The summed E-state index contributed by atoms with van der Waals surface area (Å²) < 4.78 is 37.9. The first-order valence-electron chi connectivity index (χ1n) is 10.2. The Morgan fingerprint density at radius 1 is 1.12 bits per heavy atom. The molecule has 9 nitrogen and oxygen atoms in total. The van der Waals surface area contributed by atoms with Crippen molar-refractivity contribution in [2.24, 2.45) is 5.92 Å². The minimum absolute atomic E-state index is 0.0190. The number of carboxylic acid groups (broad SMARTS) is 1. The molecule has 1 aliphatic heterocycles. The monoisotopic (exact) mass is 462 g/mol. The van der Waals surface area contributed by atoms with E-state index in [1.54, 1.807) is 13.0 Å². The molecule has 3 rings (SSSR count). The topological polar surface area (TPSA) is 122 Å². The van der Waals surface area contributed by atoms with Crippen LogP contribution in [-0.4, -0.2) is 52.3 Å². The number of ether oxygens (including phenoxy) is 2. The Bertz CT molecular complexity index is 1080. The molecule has 2 aromatic carbocycles. The van der Waals surface area contributed by atoms with Crippen LogP contribution in [0.15, 0.2) is 47.4 Å². The average molecular weight is 463 g/mol. The lowest BCUT2D eigenvalue weighted by molar-refractivity contribution is -0.148. The second kappa shape index (κ2) is 9.90. The second-order valence-corrected chi connectivity index (χ2v) is 9.01. The van der Waals surface area contributed by atoms with Crippen molar-refractivity contribution < 1.29 is 32.6 Å². The van der Waals surface area contributed by atoms with E-state index in [0.29, 0.717) is 44.0 Å². The number of sulfonamides is 1. The van der Waals surface area contributed by atoms with Crippen molar-refractivity contribution in [1.29, 1.82) is 0 Å². The van der Waals surface area contributed by atoms with Crippen LogP contribution >= 0.6 is 0 Å². The van der Waals surface area contributed by atoms with Crippen LogP contribution in [0.3, 0.4) is 0 Å². The van der Waals surface area contributed by atoms with Gasteiger partial charge in [-0.25, -0.2) is 13.2 Å². The molecule has 2 aromatic rings. The highest BCUT2D eigenvalue weighted by atomic mass is 32.2. The molecule has 2 N–H and O–H groups in total. The summed E-state index contributed by atoms with van der Waals surface area (Å²) in [6.45, 7) is 3.09. The van der Waals surface area contributed by atoms with Crippen molar-refractivity contribution in [3.63, 3.8) is 0 Å². The number of methoxy groups -OCH3 is 1. The van der Waals surface area contributed by atoms with E-state index < -0.39 is 16.0 Å². The van der Waals surface area contributed by atoms with Gasteiger partial charge in [0.05, 0.1) is 35.8 Å². The predicted octanol–water partition coefficient (Wildman–Crippen LogP) is 2.97. The highest BCUT2D eigenvalue weighted by Gasteiger charge is 2.28. The fourth-order valence-corrected chi connectivity index (χ4v) is 4.68. The second-order valence-electron chi connectivity index (χ2n) is 7.33. The van der Waals surface area contributed by atoms with E-state index in [2.05, 4.69) is 4.72 Å². The van der Waals surface area contributed by atoms with Crippen LogP contribution in [0.1, 0.15) is 30.1 Å². The Hall–Kier alpha value is -3.27. The van der Waals surface area contributed by atoms with E-state index >= 15 is 0 Å². The Balaban J connectivity index is 1.78. The molecule has 1 aliphatic rings.